The van der Waals surface area contributed by atoms with E-state index in [1.54, 1.807) is 12.1 Å². The Morgan fingerprint density at radius 1 is 1.12 bits per heavy atom. The Kier molecular flexibility index (Phi) is 6.80. The van der Waals surface area contributed by atoms with Crippen molar-refractivity contribution in [2.75, 3.05) is 42.9 Å². The highest BCUT2D eigenvalue weighted by atomic mass is 19.1. The minimum Gasteiger partial charge on any atom is -0.367 e. The Morgan fingerprint density at radius 2 is 1.81 bits per heavy atom. The van der Waals surface area contributed by atoms with Gasteiger partial charge in [-0.2, -0.15) is 5.26 Å². The van der Waals surface area contributed by atoms with Gasteiger partial charge in [-0.25, -0.2) is 4.39 Å². The predicted molar refractivity (Wildman–Crippen MR) is 124 cm³/mol. The van der Waals surface area contributed by atoms with Crippen molar-refractivity contribution in [3.05, 3.63) is 46.9 Å². The van der Waals surface area contributed by atoms with Crippen LogP contribution in [0, 0.1) is 31.0 Å². The first-order chi connectivity index (χ1) is 15.5. The minimum absolute atomic E-state index is 0.101. The number of amides is 1. The Hall–Kier alpha value is -2.85. The molecule has 32 heavy (non-hydrogen) atoms. The summed E-state index contributed by atoms with van der Waals surface area (Å²) >= 11 is 0. The lowest BCUT2D eigenvalue weighted by molar-refractivity contribution is -0.117. The van der Waals surface area contributed by atoms with Crippen molar-refractivity contribution < 1.29 is 9.18 Å². The van der Waals surface area contributed by atoms with Crippen molar-refractivity contribution >= 4 is 17.4 Å². The van der Waals surface area contributed by atoms with Gasteiger partial charge in [0.2, 0.25) is 5.91 Å². The van der Waals surface area contributed by atoms with Crippen LogP contribution in [0.5, 0.6) is 0 Å². The van der Waals surface area contributed by atoms with E-state index in [9.17, 15) is 14.4 Å². The molecule has 0 atom stereocenters. The number of hydrogen-bond donors (Lipinski definition) is 1. The molecule has 2 aliphatic rings. The molecule has 4 rings (SSSR count). The number of nitrogens with one attached hydrogen (secondary N) is 1. The van der Waals surface area contributed by atoms with Gasteiger partial charge in [0.05, 0.1) is 17.8 Å². The molecule has 1 N–H and O–H groups in total. The van der Waals surface area contributed by atoms with Crippen LogP contribution in [-0.2, 0) is 4.79 Å². The zero-order valence-electron chi connectivity index (χ0n) is 19.0. The third kappa shape index (κ3) is 4.51. The monoisotopic (exact) mass is 437 g/mol. The Balaban J connectivity index is 1.42. The fourth-order valence-corrected chi connectivity index (χ4v) is 5.11. The second kappa shape index (κ2) is 9.74. The summed E-state index contributed by atoms with van der Waals surface area (Å²) in [5.41, 5.74) is 3.21. The Morgan fingerprint density at radius 3 is 2.47 bits per heavy atom. The first-order valence-corrected chi connectivity index (χ1v) is 11.6. The molecule has 1 amide bonds. The zero-order chi connectivity index (χ0) is 22.7. The number of halogens is 1. The fourth-order valence-electron chi connectivity index (χ4n) is 5.11. The third-order valence-electron chi connectivity index (χ3n) is 7.00. The maximum Gasteiger partial charge on any atom is 0.239 e. The number of rotatable bonds is 5. The summed E-state index contributed by atoms with van der Waals surface area (Å²) in [6, 6.07) is 9.46. The zero-order valence-corrected chi connectivity index (χ0v) is 19.0. The Labute approximate surface area is 189 Å². The molecule has 7 heteroatoms. The highest BCUT2D eigenvalue weighted by Gasteiger charge is 2.27. The topological polar surface area (TPSA) is 64.3 Å². The summed E-state index contributed by atoms with van der Waals surface area (Å²) in [5.74, 6) is 0.344. The number of benzene rings is 1. The number of anilines is 2. The summed E-state index contributed by atoms with van der Waals surface area (Å²) in [6.07, 6.45) is 5.79. The SMILES string of the molecule is Cc1c(C#N)c(NC(=O)CN2CCN(c3ccccc3F)CC2)n(C2CCCCC2)c1C. The van der Waals surface area contributed by atoms with Crippen molar-refractivity contribution in [2.24, 2.45) is 0 Å². The first-order valence-electron chi connectivity index (χ1n) is 11.6. The lowest BCUT2D eigenvalue weighted by atomic mass is 9.95. The molecule has 0 unspecified atom stereocenters. The number of carbonyl (C=O) groups is 1. The molecule has 2 fully saturated rings. The highest BCUT2D eigenvalue weighted by molar-refractivity contribution is 5.93. The smallest absolute Gasteiger partial charge is 0.239 e. The number of nitrogens with zero attached hydrogens (tertiary/aromatic N) is 4. The molecule has 1 aromatic heterocycles. The molecule has 0 spiro atoms. The molecule has 170 valence electrons. The van der Waals surface area contributed by atoms with E-state index >= 15 is 0 Å². The van der Waals surface area contributed by atoms with E-state index in [2.05, 4.69) is 20.9 Å². The summed E-state index contributed by atoms with van der Waals surface area (Å²) in [5, 5.41) is 12.8. The van der Waals surface area contributed by atoms with E-state index in [1.165, 1.54) is 25.3 Å². The van der Waals surface area contributed by atoms with Crippen molar-refractivity contribution in [2.45, 2.75) is 52.0 Å². The predicted octanol–water partition coefficient (Wildman–Crippen LogP) is 4.38. The van der Waals surface area contributed by atoms with Crippen LogP contribution >= 0.6 is 0 Å². The molecule has 1 aromatic carbocycles. The van der Waals surface area contributed by atoms with E-state index in [0.717, 1.165) is 24.1 Å². The fraction of sp³-hybridized carbons (Fsp3) is 0.520. The maximum absolute atomic E-state index is 14.1. The Bertz CT molecular complexity index is 1010. The van der Waals surface area contributed by atoms with Crippen molar-refractivity contribution in [1.29, 1.82) is 5.26 Å². The van der Waals surface area contributed by atoms with Crippen molar-refractivity contribution in [1.82, 2.24) is 9.47 Å². The molecular weight excluding hydrogens is 405 g/mol. The molecule has 1 saturated carbocycles. The normalized spacial score (nSPS) is 17.9. The lowest BCUT2D eigenvalue weighted by Crippen LogP contribution is -2.49. The van der Waals surface area contributed by atoms with Gasteiger partial charge in [0, 0.05) is 37.9 Å². The number of hydrogen-bond acceptors (Lipinski definition) is 4. The molecule has 0 radical (unpaired) electrons. The lowest BCUT2D eigenvalue weighted by Gasteiger charge is -2.35. The average Bonchev–Trinajstić information content (AvgIpc) is 3.04. The van der Waals surface area contributed by atoms with Crippen LogP contribution in [-0.4, -0.2) is 48.1 Å². The van der Waals surface area contributed by atoms with Gasteiger partial charge >= 0.3 is 0 Å². The van der Waals surface area contributed by atoms with Crippen molar-refractivity contribution in [3.8, 4) is 6.07 Å². The molecule has 0 bridgehead atoms. The minimum atomic E-state index is -0.211. The van der Waals surface area contributed by atoms with Gasteiger partial charge < -0.3 is 14.8 Å². The molecule has 2 heterocycles. The second-order valence-electron chi connectivity index (χ2n) is 8.97. The van der Waals surface area contributed by atoms with Crippen molar-refractivity contribution in [3.63, 3.8) is 0 Å². The van der Waals surface area contributed by atoms with Crippen LogP contribution in [0.2, 0.25) is 0 Å². The van der Waals surface area contributed by atoms with E-state index in [1.807, 2.05) is 24.8 Å². The van der Waals surface area contributed by atoms with Crippen LogP contribution in [0.4, 0.5) is 15.9 Å². The quantitative estimate of drug-likeness (QED) is 0.754. The third-order valence-corrected chi connectivity index (χ3v) is 7.00. The van der Waals surface area contributed by atoms with Gasteiger partial charge in [-0.05, 0) is 44.4 Å². The maximum atomic E-state index is 14.1. The summed E-state index contributed by atoms with van der Waals surface area (Å²) < 4.78 is 16.3. The summed E-state index contributed by atoms with van der Waals surface area (Å²) in [4.78, 5) is 17.1. The highest BCUT2D eigenvalue weighted by Crippen LogP contribution is 2.36. The van der Waals surface area contributed by atoms with E-state index in [-0.39, 0.29) is 18.3 Å². The van der Waals surface area contributed by atoms with Crippen LogP contribution in [0.3, 0.4) is 0 Å². The van der Waals surface area contributed by atoms with Crippen LogP contribution in [0.1, 0.15) is 55.0 Å². The van der Waals surface area contributed by atoms with Gasteiger partial charge in [-0.1, -0.05) is 31.4 Å². The van der Waals surface area contributed by atoms with Gasteiger partial charge in [0.15, 0.2) is 0 Å². The number of carbonyl (C=O) groups excluding carboxylic acids is 1. The number of aromatic nitrogens is 1. The van der Waals surface area contributed by atoms with E-state index in [0.29, 0.717) is 49.3 Å². The molecule has 1 aliphatic carbocycles. The number of para-hydroxylation sites is 1. The summed E-state index contributed by atoms with van der Waals surface area (Å²) in [6.45, 7) is 7.00. The van der Waals surface area contributed by atoms with Crippen LogP contribution in [0.25, 0.3) is 0 Å². The van der Waals surface area contributed by atoms with Crippen LogP contribution < -0.4 is 10.2 Å². The van der Waals surface area contributed by atoms with Gasteiger partial charge in [0.25, 0.3) is 0 Å². The molecule has 6 nitrogen and oxygen atoms in total. The average molecular weight is 438 g/mol. The molecule has 1 aliphatic heterocycles. The number of nitriles is 1. The number of piperazine rings is 1. The molecular formula is C25H32FN5O. The van der Waals surface area contributed by atoms with E-state index < -0.39 is 0 Å². The van der Waals surface area contributed by atoms with Gasteiger partial charge in [0.1, 0.15) is 17.7 Å². The first kappa shape index (κ1) is 22.3. The van der Waals surface area contributed by atoms with Gasteiger partial charge in [-0.3, -0.25) is 9.69 Å². The van der Waals surface area contributed by atoms with Crippen LogP contribution in [0.15, 0.2) is 24.3 Å². The molecule has 2 aromatic rings. The van der Waals surface area contributed by atoms with Gasteiger partial charge in [-0.15, -0.1) is 0 Å². The summed E-state index contributed by atoms with van der Waals surface area (Å²) in [7, 11) is 0. The van der Waals surface area contributed by atoms with E-state index in [4.69, 9.17) is 0 Å². The standard InChI is InChI=1S/C25H32FN5O/c1-18-19(2)31(20-8-4-3-5-9-20)25(21(18)16-27)28-24(32)17-29-12-14-30(15-13-29)23-11-7-6-10-22(23)26/h6-7,10-11,20H,3-5,8-9,12-15,17H2,1-2H3,(H,28,32). The second-order valence-corrected chi connectivity index (χ2v) is 8.97. The molecule has 1 saturated heterocycles. The largest absolute Gasteiger partial charge is 0.367 e.